The van der Waals surface area contributed by atoms with Gasteiger partial charge in [-0.3, -0.25) is 14.4 Å². The van der Waals surface area contributed by atoms with Crippen LogP contribution in [0.1, 0.15) is 91.9 Å². The lowest BCUT2D eigenvalue weighted by molar-refractivity contribution is -0.155. The number of fused-ring (bicyclic) bond motifs is 7. The number of allylic oxidation sites excluding steroid dienone is 1. The van der Waals surface area contributed by atoms with Gasteiger partial charge in [0.15, 0.2) is 10.9 Å². The third kappa shape index (κ3) is 3.96. The highest BCUT2D eigenvalue weighted by Crippen LogP contribution is 2.78. The molecule has 9 atom stereocenters. The molecule has 1 N–H and O–H groups in total. The second-order valence-electron chi connectivity index (χ2n) is 12.6. The first kappa shape index (κ1) is 25.5. The molecule has 5 rings (SSSR count). The maximum absolute atomic E-state index is 12.3. The number of esters is 1. The standard InChI is InChI=1S/C29H42O5S/c1-5-7-24(32)34-13-6-10-29(33)22-16-20(22)26-25-21(9-12-28(26,29)4)27(3)11-8-19(31)14-18(27)15-23(25)35-17(2)30/h14,20-23,25-26,33H,5-13,15-16H2,1-4H3/t20-,21-,22+,23+,25-,26-,27-,28-,29-/m0/s1. The minimum absolute atomic E-state index is 0.0341. The molecular formula is C29H42O5S. The first-order valence-electron chi connectivity index (χ1n) is 13.8. The van der Waals surface area contributed by atoms with Crippen molar-refractivity contribution in [1.29, 1.82) is 0 Å². The van der Waals surface area contributed by atoms with E-state index in [1.54, 1.807) is 6.92 Å². The van der Waals surface area contributed by atoms with E-state index in [2.05, 4.69) is 13.8 Å². The first-order valence-corrected chi connectivity index (χ1v) is 14.7. The molecule has 4 fully saturated rings. The minimum atomic E-state index is -0.727. The number of carbonyl (C=O) groups is 3. The van der Waals surface area contributed by atoms with Crippen LogP contribution < -0.4 is 0 Å². The summed E-state index contributed by atoms with van der Waals surface area (Å²) in [5, 5.41) is 12.6. The Morgan fingerprint density at radius 2 is 2.00 bits per heavy atom. The van der Waals surface area contributed by atoms with Gasteiger partial charge in [0.1, 0.15) is 0 Å². The number of aliphatic hydroxyl groups is 1. The van der Waals surface area contributed by atoms with Crippen LogP contribution in [-0.2, 0) is 19.1 Å². The Bertz CT molecular complexity index is 943. The van der Waals surface area contributed by atoms with E-state index >= 15 is 0 Å². The lowest BCUT2D eigenvalue weighted by Crippen LogP contribution is -2.59. The molecule has 194 valence electrons. The average molecular weight is 503 g/mol. The summed E-state index contributed by atoms with van der Waals surface area (Å²) >= 11 is 1.48. The number of rotatable bonds is 7. The molecule has 0 unspecified atom stereocenters. The molecule has 0 aromatic carbocycles. The molecule has 5 nitrogen and oxygen atoms in total. The number of ketones is 1. The fraction of sp³-hybridized carbons (Fsp3) is 0.828. The van der Waals surface area contributed by atoms with Crippen LogP contribution in [0.4, 0.5) is 0 Å². The van der Waals surface area contributed by atoms with E-state index in [0.29, 0.717) is 61.9 Å². The van der Waals surface area contributed by atoms with Crippen LogP contribution in [0.3, 0.4) is 0 Å². The molecule has 5 aliphatic carbocycles. The molecule has 0 radical (unpaired) electrons. The van der Waals surface area contributed by atoms with Crippen molar-refractivity contribution >= 4 is 28.6 Å². The molecule has 0 aromatic heterocycles. The zero-order valence-corrected chi connectivity index (χ0v) is 22.6. The van der Waals surface area contributed by atoms with Crippen LogP contribution in [0.15, 0.2) is 11.6 Å². The Labute approximate surface area is 214 Å². The Hall–Kier alpha value is -1.14. The summed E-state index contributed by atoms with van der Waals surface area (Å²) in [5.74, 6) is 2.20. The summed E-state index contributed by atoms with van der Waals surface area (Å²) in [7, 11) is 0. The zero-order valence-electron chi connectivity index (χ0n) is 21.8. The lowest BCUT2D eigenvalue weighted by Gasteiger charge is -2.62. The average Bonchev–Trinajstić information content (AvgIpc) is 3.55. The van der Waals surface area contributed by atoms with E-state index in [0.717, 1.165) is 38.5 Å². The topological polar surface area (TPSA) is 80.7 Å². The van der Waals surface area contributed by atoms with Crippen molar-refractivity contribution < 1.29 is 24.2 Å². The molecule has 6 heteroatoms. The van der Waals surface area contributed by atoms with E-state index in [9.17, 15) is 19.5 Å². The van der Waals surface area contributed by atoms with Gasteiger partial charge >= 0.3 is 5.97 Å². The van der Waals surface area contributed by atoms with E-state index < -0.39 is 5.60 Å². The zero-order chi connectivity index (χ0) is 25.2. The van der Waals surface area contributed by atoms with E-state index in [1.807, 2.05) is 13.0 Å². The van der Waals surface area contributed by atoms with Crippen LogP contribution >= 0.6 is 11.8 Å². The summed E-state index contributed by atoms with van der Waals surface area (Å²) in [4.78, 5) is 36.4. The Balaban J connectivity index is 1.41. The molecule has 5 aliphatic rings. The number of thioether (sulfide) groups is 1. The fourth-order valence-electron chi connectivity index (χ4n) is 9.22. The molecule has 0 saturated heterocycles. The molecular weight excluding hydrogens is 460 g/mol. The highest BCUT2D eigenvalue weighted by Gasteiger charge is 2.76. The van der Waals surface area contributed by atoms with Gasteiger partial charge in [-0.2, -0.15) is 0 Å². The normalized spacial score (nSPS) is 45.5. The van der Waals surface area contributed by atoms with Crippen molar-refractivity contribution in [2.45, 2.75) is 103 Å². The summed E-state index contributed by atoms with van der Waals surface area (Å²) in [6.45, 7) is 8.71. The first-order chi connectivity index (χ1) is 16.5. The minimum Gasteiger partial charge on any atom is -0.466 e. The molecule has 35 heavy (non-hydrogen) atoms. The third-order valence-electron chi connectivity index (χ3n) is 10.9. The largest absolute Gasteiger partial charge is 0.466 e. The van der Waals surface area contributed by atoms with Crippen LogP contribution in [0.2, 0.25) is 0 Å². The monoisotopic (exact) mass is 502 g/mol. The third-order valence-corrected chi connectivity index (χ3v) is 12.0. The summed E-state index contributed by atoms with van der Waals surface area (Å²) < 4.78 is 5.41. The second kappa shape index (κ2) is 9.01. The van der Waals surface area contributed by atoms with Gasteiger partial charge in [-0.05, 0) is 92.4 Å². The number of hydrogen-bond acceptors (Lipinski definition) is 6. The summed E-state index contributed by atoms with van der Waals surface area (Å²) in [6.07, 6.45) is 10.0. The van der Waals surface area contributed by atoms with Crippen LogP contribution in [0, 0.1) is 40.4 Å². The number of carbonyl (C=O) groups excluding carboxylic acids is 3. The number of ether oxygens (including phenoxy) is 1. The van der Waals surface area contributed by atoms with Gasteiger partial charge in [-0.1, -0.05) is 38.1 Å². The highest BCUT2D eigenvalue weighted by molar-refractivity contribution is 8.14. The van der Waals surface area contributed by atoms with Crippen molar-refractivity contribution in [2.24, 2.45) is 40.4 Å². The van der Waals surface area contributed by atoms with Gasteiger partial charge in [0, 0.05) is 30.4 Å². The lowest BCUT2D eigenvalue weighted by atomic mass is 9.45. The van der Waals surface area contributed by atoms with Crippen LogP contribution in [0.25, 0.3) is 0 Å². The molecule has 0 aliphatic heterocycles. The van der Waals surface area contributed by atoms with E-state index in [4.69, 9.17) is 4.74 Å². The summed E-state index contributed by atoms with van der Waals surface area (Å²) in [5.41, 5.74) is 0.404. The predicted octanol–water partition coefficient (Wildman–Crippen LogP) is 5.49. The van der Waals surface area contributed by atoms with E-state index in [-0.39, 0.29) is 32.9 Å². The molecule has 0 bridgehead atoms. The van der Waals surface area contributed by atoms with Gasteiger partial charge in [0.25, 0.3) is 0 Å². The quantitative estimate of drug-likeness (QED) is 0.366. The summed E-state index contributed by atoms with van der Waals surface area (Å²) in [6, 6.07) is 0. The number of hydrogen-bond donors (Lipinski definition) is 1. The Morgan fingerprint density at radius 3 is 2.71 bits per heavy atom. The van der Waals surface area contributed by atoms with Crippen LogP contribution in [-0.4, -0.2) is 39.4 Å². The van der Waals surface area contributed by atoms with Gasteiger partial charge in [0.2, 0.25) is 0 Å². The molecule has 0 amide bonds. The van der Waals surface area contributed by atoms with Gasteiger partial charge in [0.05, 0.1) is 12.2 Å². The maximum Gasteiger partial charge on any atom is 0.305 e. The van der Waals surface area contributed by atoms with Gasteiger partial charge in [-0.15, -0.1) is 0 Å². The van der Waals surface area contributed by atoms with Crippen molar-refractivity contribution in [3.05, 3.63) is 11.6 Å². The second-order valence-corrected chi connectivity index (χ2v) is 14.0. The molecule has 0 aromatic rings. The van der Waals surface area contributed by atoms with E-state index in [1.165, 1.54) is 17.3 Å². The predicted molar refractivity (Wildman–Crippen MR) is 137 cm³/mol. The SMILES string of the molecule is CCCC(=O)OCCC[C@]1(O)[C@@H]2C[C@@H]2[C@H]2[C@@H]3[C@H](SC(C)=O)CC4=CC(=O)CC[C@]4(C)[C@H]3CC[C@@]21C. The van der Waals surface area contributed by atoms with Crippen molar-refractivity contribution in [3.8, 4) is 0 Å². The fourth-order valence-corrected chi connectivity index (χ4v) is 10.4. The molecule has 0 spiro atoms. The van der Waals surface area contributed by atoms with Crippen molar-refractivity contribution in [2.75, 3.05) is 6.61 Å². The van der Waals surface area contributed by atoms with Gasteiger partial charge < -0.3 is 9.84 Å². The van der Waals surface area contributed by atoms with Gasteiger partial charge in [-0.25, -0.2) is 0 Å². The Morgan fingerprint density at radius 1 is 1.23 bits per heavy atom. The van der Waals surface area contributed by atoms with Crippen molar-refractivity contribution in [1.82, 2.24) is 0 Å². The Kier molecular flexibility index (Phi) is 6.56. The highest BCUT2D eigenvalue weighted by atomic mass is 32.2. The smallest absolute Gasteiger partial charge is 0.305 e. The molecule has 4 saturated carbocycles. The van der Waals surface area contributed by atoms with Crippen LogP contribution in [0.5, 0.6) is 0 Å². The van der Waals surface area contributed by atoms with Crippen molar-refractivity contribution in [3.63, 3.8) is 0 Å². The maximum atomic E-state index is 12.3. The molecule has 0 heterocycles.